The number of anilines is 1. The molecule has 1 aliphatic rings. The van der Waals surface area contributed by atoms with Gasteiger partial charge in [0, 0.05) is 16.5 Å². The molecule has 27 heavy (non-hydrogen) atoms. The maximum atomic E-state index is 12.6. The minimum absolute atomic E-state index is 0.217. The standard InChI is InChI=1S/C21H20N2O3S/c1-12-8-13(2)19(14(3)9-12)16-11-27-21(22-16)23-20(24)15-4-5-17-18(10-15)26-7-6-25-17/h4-5,8-11H,6-7H2,1-3H3,(H,22,23,24). The lowest BCUT2D eigenvalue weighted by molar-refractivity contribution is 0.102. The van der Waals surface area contributed by atoms with Crippen molar-refractivity contribution in [3.05, 3.63) is 58.0 Å². The average molecular weight is 380 g/mol. The second-order valence-corrected chi connectivity index (χ2v) is 7.48. The zero-order valence-electron chi connectivity index (χ0n) is 15.5. The topological polar surface area (TPSA) is 60.5 Å². The van der Waals surface area contributed by atoms with E-state index in [1.807, 2.05) is 5.38 Å². The summed E-state index contributed by atoms with van der Waals surface area (Å²) in [6, 6.07) is 9.48. The number of hydrogen-bond acceptors (Lipinski definition) is 5. The second kappa shape index (κ2) is 7.04. The number of thiazole rings is 1. The summed E-state index contributed by atoms with van der Waals surface area (Å²) in [5, 5.41) is 5.43. The molecule has 2 heterocycles. The van der Waals surface area contributed by atoms with Gasteiger partial charge in [0.1, 0.15) is 13.2 Å². The van der Waals surface area contributed by atoms with Crippen molar-refractivity contribution in [2.24, 2.45) is 0 Å². The van der Waals surface area contributed by atoms with Crippen molar-refractivity contribution in [1.29, 1.82) is 0 Å². The number of carbonyl (C=O) groups is 1. The molecule has 138 valence electrons. The van der Waals surface area contributed by atoms with E-state index in [0.717, 1.165) is 11.3 Å². The van der Waals surface area contributed by atoms with Crippen LogP contribution in [0.3, 0.4) is 0 Å². The van der Waals surface area contributed by atoms with Gasteiger partial charge in [0.2, 0.25) is 0 Å². The Balaban J connectivity index is 1.55. The molecule has 6 heteroatoms. The summed E-state index contributed by atoms with van der Waals surface area (Å²) < 4.78 is 11.0. The van der Waals surface area contributed by atoms with Gasteiger partial charge in [-0.15, -0.1) is 11.3 Å². The quantitative estimate of drug-likeness (QED) is 0.712. The van der Waals surface area contributed by atoms with Crippen molar-refractivity contribution >= 4 is 22.4 Å². The molecule has 1 amide bonds. The summed E-state index contributed by atoms with van der Waals surface area (Å²) in [4.78, 5) is 17.2. The number of aromatic nitrogens is 1. The first kappa shape index (κ1) is 17.5. The molecule has 0 unspecified atom stereocenters. The van der Waals surface area contributed by atoms with Crippen LogP contribution in [0, 0.1) is 20.8 Å². The molecule has 0 saturated carbocycles. The largest absolute Gasteiger partial charge is 0.486 e. The highest BCUT2D eigenvalue weighted by atomic mass is 32.1. The number of aryl methyl sites for hydroxylation is 3. The van der Waals surface area contributed by atoms with Crippen LogP contribution in [0.25, 0.3) is 11.3 Å². The highest BCUT2D eigenvalue weighted by Gasteiger charge is 2.17. The van der Waals surface area contributed by atoms with Crippen molar-refractivity contribution in [2.75, 3.05) is 18.5 Å². The van der Waals surface area contributed by atoms with Gasteiger partial charge in [0.15, 0.2) is 16.6 Å². The number of benzene rings is 2. The number of nitrogens with zero attached hydrogens (tertiary/aromatic N) is 1. The van der Waals surface area contributed by atoms with Gasteiger partial charge in [-0.3, -0.25) is 10.1 Å². The Morgan fingerprint density at radius 1 is 1.04 bits per heavy atom. The first-order valence-corrected chi connectivity index (χ1v) is 9.64. The minimum atomic E-state index is -0.217. The highest BCUT2D eigenvalue weighted by molar-refractivity contribution is 7.14. The molecule has 0 fully saturated rings. The number of carbonyl (C=O) groups excluding carboxylic acids is 1. The van der Waals surface area contributed by atoms with Gasteiger partial charge >= 0.3 is 0 Å². The van der Waals surface area contributed by atoms with Gasteiger partial charge in [-0.1, -0.05) is 17.7 Å². The Labute approximate surface area is 162 Å². The monoisotopic (exact) mass is 380 g/mol. The van der Waals surface area contributed by atoms with Gasteiger partial charge in [-0.25, -0.2) is 4.98 Å². The van der Waals surface area contributed by atoms with Crippen molar-refractivity contribution in [1.82, 2.24) is 4.98 Å². The summed E-state index contributed by atoms with van der Waals surface area (Å²) in [5.74, 6) is 1.05. The molecule has 1 aliphatic heterocycles. The predicted molar refractivity (Wildman–Crippen MR) is 107 cm³/mol. The minimum Gasteiger partial charge on any atom is -0.486 e. The first-order chi connectivity index (χ1) is 13.0. The molecule has 2 aromatic carbocycles. The van der Waals surface area contributed by atoms with Crippen molar-refractivity contribution < 1.29 is 14.3 Å². The van der Waals surface area contributed by atoms with E-state index in [1.54, 1.807) is 18.2 Å². The van der Waals surface area contributed by atoms with E-state index >= 15 is 0 Å². The summed E-state index contributed by atoms with van der Waals surface area (Å²) in [7, 11) is 0. The molecular weight excluding hydrogens is 360 g/mol. The first-order valence-electron chi connectivity index (χ1n) is 8.76. The third-order valence-corrected chi connectivity index (χ3v) is 5.22. The van der Waals surface area contributed by atoms with Gasteiger partial charge in [-0.2, -0.15) is 0 Å². The fraction of sp³-hybridized carbons (Fsp3) is 0.238. The number of hydrogen-bond donors (Lipinski definition) is 1. The summed E-state index contributed by atoms with van der Waals surface area (Å²) in [5.41, 5.74) is 6.11. The molecule has 0 radical (unpaired) electrons. The lowest BCUT2D eigenvalue weighted by Crippen LogP contribution is -2.17. The molecule has 1 N–H and O–H groups in total. The van der Waals surface area contributed by atoms with Gasteiger partial charge < -0.3 is 9.47 Å². The van der Waals surface area contributed by atoms with Crippen LogP contribution in [0.5, 0.6) is 11.5 Å². The molecule has 0 atom stereocenters. The van der Waals surface area contributed by atoms with E-state index in [9.17, 15) is 4.79 Å². The molecular formula is C21H20N2O3S. The lowest BCUT2D eigenvalue weighted by atomic mass is 9.98. The Morgan fingerprint density at radius 3 is 2.48 bits per heavy atom. The van der Waals surface area contributed by atoms with Crippen LogP contribution in [-0.2, 0) is 0 Å². The van der Waals surface area contributed by atoms with E-state index in [0.29, 0.717) is 35.4 Å². The molecule has 0 spiro atoms. The van der Waals surface area contributed by atoms with E-state index in [1.165, 1.54) is 28.0 Å². The molecule has 4 rings (SSSR count). The zero-order chi connectivity index (χ0) is 19.0. The molecule has 0 aliphatic carbocycles. The summed E-state index contributed by atoms with van der Waals surface area (Å²) in [6.07, 6.45) is 0. The van der Waals surface area contributed by atoms with Gasteiger partial charge in [0.05, 0.1) is 5.69 Å². The maximum absolute atomic E-state index is 12.6. The van der Waals surface area contributed by atoms with E-state index < -0.39 is 0 Å². The van der Waals surface area contributed by atoms with Crippen LogP contribution < -0.4 is 14.8 Å². The van der Waals surface area contributed by atoms with Crippen LogP contribution in [0.15, 0.2) is 35.7 Å². The van der Waals surface area contributed by atoms with E-state index in [-0.39, 0.29) is 5.91 Å². The smallest absolute Gasteiger partial charge is 0.257 e. The Kier molecular flexibility index (Phi) is 4.58. The second-order valence-electron chi connectivity index (χ2n) is 6.62. The molecule has 1 aromatic heterocycles. The van der Waals surface area contributed by atoms with E-state index in [4.69, 9.17) is 9.47 Å². The summed E-state index contributed by atoms with van der Waals surface area (Å²) in [6.45, 7) is 7.27. The maximum Gasteiger partial charge on any atom is 0.257 e. The Bertz CT molecular complexity index is 1000. The lowest BCUT2D eigenvalue weighted by Gasteiger charge is -2.18. The molecule has 0 saturated heterocycles. The van der Waals surface area contributed by atoms with Crippen LogP contribution in [0.2, 0.25) is 0 Å². The Hall–Kier alpha value is -2.86. The fourth-order valence-electron chi connectivity index (χ4n) is 3.38. The highest BCUT2D eigenvalue weighted by Crippen LogP contribution is 2.33. The van der Waals surface area contributed by atoms with Crippen LogP contribution >= 0.6 is 11.3 Å². The van der Waals surface area contributed by atoms with Gasteiger partial charge in [-0.05, 0) is 50.1 Å². The van der Waals surface area contributed by atoms with Gasteiger partial charge in [0.25, 0.3) is 5.91 Å². The number of rotatable bonds is 3. The molecule has 0 bridgehead atoms. The molecule has 3 aromatic rings. The third-order valence-electron chi connectivity index (χ3n) is 4.46. The SMILES string of the molecule is Cc1cc(C)c(-c2csc(NC(=O)c3ccc4c(c3)OCCO4)n2)c(C)c1. The number of fused-ring (bicyclic) bond motifs is 1. The summed E-state index contributed by atoms with van der Waals surface area (Å²) >= 11 is 1.42. The average Bonchev–Trinajstić information content (AvgIpc) is 3.08. The molecule has 5 nitrogen and oxygen atoms in total. The van der Waals surface area contributed by atoms with Crippen molar-refractivity contribution in [3.8, 4) is 22.8 Å². The third kappa shape index (κ3) is 3.53. The normalized spacial score (nSPS) is 12.7. The zero-order valence-corrected chi connectivity index (χ0v) is 16.3. The Morgan fingerprint density at radius 2 is 1.74 bits per heavy atom. The van der Waals surface area contributed by atoms with E-state index in [2.05, 4.69) is 43.2 Å². The van der Waals surface area contributed by atoms with Crippen LogP contribution in [-0.4, -0.2) is 24.1 Å². The number of ether oxygens (including phenoxy) is 2. The van der Waals surface area contributed by atoms with Crippen molar-refractivity contribution in [2.45, 2.75) is 20.8 Å². The number of amides is 1. The predicted octanol–water partition coefficient (Wildman–Crippen LogP) is 4.76. The van der Waals surface area contributed by atoms with Crippen molar-refractivity contribution in [3.63, 3.8) is 0 Å². The number of nitrogens with one attached hydrogen (secondary N) is 1. The van der Waals surface area contributed by atoms with Crippen LogP contribution in [0.4, 0.5) is 5.13 Å². The fourth-order valence-corrected chi connectivity index (χ4v) is 4.08. The van der Waals surface area contributed by atoms with Crippen LogP contribution in [0.1, 0.15) is 27.0 Å².